The molecule has 1 saturated heterocycles. The fourth-order valence-electron chi connectivity index (χ4n) is 1.71. The summed E-state index contributed by atoms with van der Waals surface area (Å²) in [6, 6.07) is 10.0. The van der Waals surface area contributed by atoms with Crippen LogP contribution in [0, 0.1) is 0 Å². The first-order valence-corrected chi connectivity index (χ1v) is 5.85. The van der Waals surface area contributed by atoms with Crippen molar-refractivity contribution in [2.24, 2.45) is 0 Å². The minimum absolute atomic E-state index is 0.199. The summed E-state index contributed by atoms with van der Waals surface area (Å²) in [7, 11) is 0. The van der Waals surface area contributed by atoms with Gasteiger partial charge in [-0.2, -0.15) is 0 Å². The highest BCUT2D eigenvalue weighted by Crippen LogP contribution is 2.09. The third-order valence-corrected chi connectivity index (χ3v) is 2.67. The van der Waals surface area contributed by atoms with Gasteiger partial charge in [0.05, 0.1) is 33.0 Å². The summed E-state index contributed by atoms with van der Waals surface area (Å²) in [5.74, 6) is 0. The monoisotopic (exact) mass is 238 g/mol. The lowest BCUT2D eigenvalue weighted by Gasteiger charge is -2.13. The third kappa shape index (κ3) is 4.09. The molecule has 1 aromatic carbocycles. The van der Waals surface area contributed by atoms with Gasteiger partial charge >= 0.3 is 0 Å². The standard InChI is InChI=1S/C13H18O4/c14-12-9-16-10-13(12)17-7-6-15-8-11-4-2-1-3-5-11/h1-5,12-14H,6-10H2/t12-,13-/m0/s1. The predicted octanol–water partition coefficient (Wildman–Crippen LogP) is 0.979. The maximum atomic E-state index is 9.43. The molecule has 0 amide bonds. The maximum Gasteiger partial charge on any atom is 0.109 e. The number of hydrogen-bond acceptors (Lipinski definition) is 4. The van der Waals surface area contributed by atoms with E-state index in [-0.39, 0.29) is 6.10 Å². The summed E-state index contributed by atoms with van der Waals surface area (Å²) < 4.78 is 16.0. The zero-order chi connectivity index (χ0) is 11.9. The number of hydrogen-bond donors (Lipinski definition) is 1. The third-order valence-electron chi connectivity index (χ3n) is 2.67. The normalized spacial score (nSPS) is 24.1. The van der Waals surface area contributed by atoms with Crippen LogP contribution < -0.4 is 0 Å². The largest absolute Gasteiger partial charge is 0.388 e. The summed E-state index contributed by atoms with van der Waals surface area (Å²) >= 11 is 0. The Morgan fingerprint density at radius 1 is 1.18 bits per heavy atom. The quantitative estimate of drug-likeness (QED) is 0.750. The van der Waals surface area contributed by atoms with Crippen molar-refractivity contribution in [1.82, 2.24) is 0 Å². The van der Waals surface area contributed by atoms with Crippen molar-refractivity contribution in [2.75, 3.05) is 26.4 Å². The van der Waals surface area contributed by atoms with E-state index in [2.05, 4.69) is 0 Å². The van der Waals surface area contributed by atoms with Gasteiger partial charge in [-0.1, -0.05) is 30.3 Å². The van der Waals surface area contributed by atoms with E-state index in [9.17, 15) is 5.11 Å². The van der Waals surface area contributed by atoms with Crippen molar-refractivity contribution in [3.8, 4) is 0 Å². The zero-order valence-corrected chi connectivity index (χ0v) is 9.75. The molecule has 0 aromatic heterocycles. The van der Waals surface area contributed by atoms with Gasteiger partial charge in [0.1, 0.15) is 12.2 Å². The molecule has 1 N–H and O–H groups in total. The maximum absolute atomic E-state index is 9.43. The highest BCUT2D eigenvalue weighted by atomic mass is 16.6. The lowest BCUT2D eigenvalue weighted by molar-refractivity contribution is -0.0370. The van der Waals surface area contributed by atoms with Crippen molar-refractivity contribution in [1.29, 1.82) is 0 Å². The molecule has 1 aliphatic rings. The molecular weight excluding hydrogens is 220 g/mol. The lowest BCUT2D eigenvalue weighted by atomic mass is 10.2. The van der Waals surface area contributed by atoms with Crippen LogP contribution in [0.3, 0.4) is 0 Å². The molecule has 4 nitrogen and oxygen atoms in total. The summed E-state index contributed by atoms with van der Waals surface area (Å²) in [6.07, 6.45) is -0.695. The minimum Gasteiger partial charge on any atom is -0.388 e. The molecule has 0 bridgehead atoms. The molecule has 17 heavy (non-hydrogen) atoms. The van der Waals surface area contributed by atoms with Crippen molar-refractivity contribution in [3.05, 3.63) is 35.9 Å². The first kappa shape index (κ1) is 12.5. The van der Waals surface area contributed by atoms with Crippen LogP contribution >= 0.6 is 0 Å². The Labute approximate surface area is 101 Å². The van der Waals surface area contributed by atoms with Crippen LogP contribution in [0.15, 0.2) is 30.3 Å². The van der Waals surface area contributed by atoms with Gasteiger partial charge in [0.25, 0.3) is 0 Å². The zero-order valence-electron chi connectivity index (χ0n) is 9.75. The molecule has 2 atom stereocenters. The molecule has 0 radical (unpaired) electrons. The van der Waals surface area contributed by atoms with Crippen molar-refractivity contribution in [2.45, 2.75) is 18.8 Å². The number of ether oxygens (including phenoxy) is 3. The Morgan fingerprint density at radius 3 is 2.71 bits per heavy atom. The fourth-order valence-corrected chi connectivity index (χ4v) is 1.71. The van der Waals surface area contributed by atoms with E-state index >= 15 is 0 Å². The van der Waals surface area contributed by atoms with Gasteiger partial charge < -0.3 is 19.3 Å². The van der Waals surface area contributed by atoms with Gasteiger partial charge in [0.15, 0.2) is 0 Å². The van der Waals surface area contributed by atoms with Gasteiger partial charge in [0, 0.05) is 0 Å². The highest BCUT2D eigenvalue weighted by molar-refractivity contribution is 5.13. The average Bonchev–Trinajstić information content (AvgIpc) is 2.76. The topological polar surface area (TPSA) is 47.9 Å². The van der Waals surface area contributed by atoms with Crippen LogP contribution in [0.4, 0.5) is 0 Å². The number of benzene rings is 1. The molecule has 0 unspecified atom stereocenters. The Bertz CT molecular complexity index is 314. The van der Waals surface area contributed by atoms with Gasteiger partial charge in [-0.25, -0.2) is 0 Å². The van der Waals surface area contributed by atoms with Crippen LogP contribution in [0.5, 0.6) is 0 Å². The second-order valence-corrected chi connectivity index (χ2v) is 4.05. The number of aliphatic hydroxyl groups excluding tert-OH is 1. The van der Waals surface area contributed by atoms with E-state index in [1.807, 2.05) is 30.3 Å². The lowest BCUT2D eigenvalue weighted by Crippen LogP contribution is -2.28. The van der Waals surface area contributed by atoms with E-state index in [4.69, 9.17) is 14.2 Å². The van der Waals surface area contributed by atoms with Crippen LogP contribution in [0.1, 0.15) is 5.56 Å². The fraction of sp³-hybridized carbons (Fsp3) is 0.538. The van der Waals surface area contributed by atoms with Crippen LogP contribution in [0.2, 0.25) is 0 Å². The Morgan fingerprint density at radius 2 is 2.00 bits per heavy atom. The van der Waals surface area contributed by atoms with Gasteiger partial charge in [-0.05, 0) is 5.56 Å². The molecule has 94 valence electrons. The molecule has 0 spiro atoms. The van der Waals surface area contributed by atoms with Crippen molar-refractivity contribution in [3.63, 3.8) is 0 Å². The van der Waals surface area contributed by atoms with Gasteiger partial charge in [-0.15, -0.1) is 0 Å². The van der Waals surface area contributed by atoms with Crippen molar-refractivity contribution >= 4 is 0 Å². The molecule has 2 rings (SSSR count). The summed E-state index contributed by atoms with van der Waals surface area (Å²) in [4.78, 5) is 0. The number of rotatable bonds is 6. The minimum atomic E-state index is -0.496. The molecule has 1 aliphatic heterocycles. The summed E-state index contributed by atoms with van der Waals surface area (Å²) in [5, 5.41) is 9.43. The Hall–Kier alpha value is -0.940. The average molecular weight is 238 g/mol. The molecule has 1 aromatic rings. The van der Waals surface area contributed by atoms with Gasteiger partial charge in [0.2, 0.25) is 0 Å². The van der Waals surface area contributed by atoms with E-state index in [0.29, 0.717) is 33.0 Å². The van der Waals surface area contributed by atoms with Crippen molar-refractivity contribution < 1.29 is 19.3 Å². The Kier molecular flexibility index (Phi) is 4.94. The molecule has 0 aliphatic carbocycles. The second-order valence-electron chi connectivity index (χ2n) is 4.05. The van der Waals surface area contributed by atoms with Crippen LogP contribution in [0.25, 0.3) is 0 Å². The Balaban J connectivity index is 1.55. The first-order valence-electron chi connectivity index (χ1n) is 5.85. The smallest absolute Gasteiger partial charge is 0.109 e. The summed E-state index contributed by atoms with van der Waals surface area (Å²) in [5.41, 5.74) is 1.15. The number of aliphatic hydroxyl groups is 1. The van der Waals surface area contributed by atoms with Crippen LogP contribution in [-0.2, 0) is 20.8 Å². The molecule has 1 heterocycles. The molecule has 1 fully saturated rings. The van der Waals surface area contributed by atoms with Crippen LogP contribution in [-0.4, -0.2) is 43.7 Å². The predicted molar refractivity (Wildman–Crippen MR) is 62.7 cm³/mol. The molecule has 0 saturated carbocycles. The van der Waals surface area contributed by atoms with E-state index in [0.717, 1.165) is 5.56 Å². The second kappa shape index (κ2) is 6.71. The first-order chi connectivity index (χ1) is 8.36. The molecular formula is C13H18O4. The van der Waals surface area contributed by atoms with Gasteiger partial charge in [-0.3, -0.25) is 0 Å². The summed E-state index contributed by atoms with van der Waals surface area (Å²) in [6.45, 7) is 2.44. The highest BCUT2D eigenvalue weighted by Gasteiger charge is 2.26. The molecule has 4 heteroatoms. The van der Waals surface area contributed by atoms with E-state index in [1.54, 1.807) is 0 Å². The van der Waals surface area contributed by atoms with E-state index < -0.39 is 6.10 Å². The van der Waals surface area contributed by atoms with E-state index in [1.165, 1.54) is 0 Å². The SMILES string of the molecule is O[C@H]1COC[C@@H]1OCCOCc1ccccc1.